The Bertz CT molecular complexity index is 454. The van der Waals surface area contributed by atoms with Crippen LogP contribution in [0.4, 0.5) is 5.82 Å². The monoisotopic (exact) mass is 201 g/mol. The van der Waals surface area contributed by atoms with Crippen molar-refractivity contribution in [2.75, 3.05) is 5.73 Å². The van der Waals surface area contributed by atoms with Crippen LogP contribution in [0.3, 0.4) is 0 Å². The number of aromatic nitrogens is 2. The van der Waals surface area contributed by atoms with Crippen LogP contribution in [0.15, 0.2) is 24.3 Å². The summed E-state index contributed by atoms with van der Waals surface area (Å²) in [5.41, 5.74) is 10.3. The fraction of sp³-hybridized carbons (Fsp3) is 0.250. The highest BCUT2D eigenvalue weighted by molar-refractivity contribution is 5.68. The molecule has 78 valence electrons. The minimum absolute atomic E-state index is 0.605. The number of H-pyrrole nitrogens is 1. The van der Waals surface area contributed by atoms with Crippen LogP contribution in [0.5, 0.6) is 0 Å². The Morgan fingerprint density at radius 3 is 2.53 bits per heavy atom. The molecule has 15 heavy (non-hydrogen) atoms. The third-order valence-electron chi connectivity index (χ3n) is 2.59. The molecule has 1 aromatic heterocycles. The van der Waals surface area contributed by atoms with E-state index in [1.165, 1.54) is 5.56 Å². The molecule has 0 atom stereocenters. The van der Waals surface area contributed by atoms with Gasteiger partial charge in [0.15, 0.2) is 0 Å². The molecule has 3 nitrogen and oxygen atoms in total. The summed E-state index contributed by atoms with van der Waals surface area (Å²) in [6.07, 6.45) is 0.894. The van der Waals surface area contributed by atoms with Gasteiger partial charge in [-0.1, -0.05) is 36.8 Å². The zero-order chi connectivity index (χ0) is 10.8. The molecule has 0 radical (unpaired) electrons. The zero-order valence-electron chi connectivity index (χ0n) is 9.04. The van der Waals surface area contributed by atoms with Crippen molar-refractivity contribution in [3.05, 3.63) is 35.4 Å². The van der Waals surface area contributed by atoms with Crippen molar-refractivity contribution in [2.24, 2.45) is 0 Å². The molecule has 0 spiro atoms. The predicted molar refractivity (Wildman–Crippen MR) is 62.6 cm³/mol. The number of hydrogen-bond acceptors (Lipinski definition) is 2. The molecular formula is C12H15N3. The lowest BCUT2D eigenvalue weighted by atomic mass is 10.0. The first kappa shape index (κ1) is 9.77. The van der Waals surface area contributed by atoms with Crippen LogP contribution in [-0.4, -0.2) is 10.2 Å². The highest BCUT2D eigenvalue weighted by Gasteiger charge is 2.09. The van der Waals surface area contributed by atoms with Crippen molar-refractivity contribution < 1.29 is 0 Å². The van der Waals surface area contributed by atoms with Gasteiger partial charge in [0.2, 0.25) is 0 Å². The molecule has 3 N–H and O–H groups in total. The maximum atomic E-state index is 5.78. The van der Waals surface area contributed by atoms with Gasteiger partial charge in [-0.25, -0.2) is 0 Å². The second-order valence-corrected chi connectivity index (χ2v) is 3.68. The second kappa shape index (κ2) is 3.77. The van der Waals surface area contributed by atoms with Gasteiger partial charge < -0.3 is 5.73 Å². The Labute approximate surface area is 89.3 Å². The lowest BCUT2D eigenvalue weighted by Crippen LogP contribution is -1.90. The second-order valence-electron chi connectivity index (χ2n) is 3.68. The van der Waals surface area contributed by atoms with E-state index in [9.17, 15) is 0 Å². The van der Waals surface area contributed by atoms with Gasteiger partial charge >= 0.3 is 0 Å². The topological polar surface area (TPSA) is 54.7 Å². The number of nitrogens with zero attached hydrogens (tertiary/aromatic N) is 1. The summed E-state index contributed by atoms with van der Waals surface area (Å²) in [4.78, 5) is 0. The van der Waals surface area contributed by atoms with E-state index in [0.29, 0.717) is 5.82 Å². The van der Waals surface area contributed by atoms with E-state index < -0.39 is 0 Å². The zero-order valence-corrected chi connectivity index (χ0v) is 9.04. The van der Waals surface area contributed by atoms with Gasteiger partial charge in [0.25, 0.3) is 0 Å². The van der Waals surface area contributed by atoms with Crippen LogP contribution in [0.1, 0.15) is 18.1 Å². The van der Waals surface area contributed by atoms with Crippen molar-refractivity contribution in [2.45, 2.75) is 20.3 Å². The summed E-state index contributed by atoms with van der Waals surface area (Å²) in [6.45, 7) is 4.16. The maximum absolute atomic E-state index is 5.78. The quantitative estimate of drug-likeness (QED) is 0.784. The SMILES string of the molecule is CCc1c(N)n[nH]c1-c1ccc(C)cc1. The van der Waals surface area contributed by atoms with Gasteiger partial charge in [0.1, 0.15) is 5.82 Å². The predicted octanol–water partition coefficient (Wildman–Crippen LogP) is 2.53. The van der Waals surface area contributed by atoms with Crippen LogP contribution in [0.25, 0.3) is 11.3 Å². The summed E-state index contributed by atoms with van der Waals surface area (Å²) >= 11 is 0. The van der Waals surface area contributed by atoms with Crippen molar-refractivity contribution in [3.63, 3.8) is 0 Å². The number of nitrogens with two attached hydrogens (primary N) is 1. The summed E-state index contributed by atoms with van der Waals surface area (Å²) in [5.74, 6) is 0.605. The lowest BCUT2D eigenvalue weighted by Gasteiger charge is -2.02. The van der Waals surface area contributed by atoms with E-state index in [-0.39, 0.29) is 0 Å². The summed E-state index contributed by atoms with van der Waals surface area (Å²) in [7, 11) is 0. The molecule has 3 heteroatoms. The first-order valence-corrected chi connectivity index (χ1v) is 5.12. The molecule has 0 unspecified atom stereocenters. The van der Waals surface area contributed by atoms with Gasteiger partial charge in [0, 0.05) is 5.56 Å². The molecule has 0 bridgehead atoms. The van der Waals surface area contributed by atoms with E-state index in [1.807, 2.05) is 0 Å². The molecular weight excluding hydrogens is 186 g/mol. The molecule has 0 aliphatic rings. The summed E-state index contributed by atoms with van der Waals surface area (Å²) < 4.78 is 0. The van der Waals surface area contributed by atoms with Gasteiger partial charge in [-0.2, -0.15) is 5.10 Å². The Morgan fingerprint density at radius 1 is 1.27 bits per heavy atom. The number of anilines is 1. The average molecular weight is 201 g/mol. The third kappa shape index (κ3) is 1.73. The Morgan fingerprint density at radius 2 is 1.93 bits per heavy atom. The third-order valence-corrected chi connectivity index (χ3v) is 2.59. The molecule has 0 amide bonds. The molecule has 0 aliphatic heterocycles. The number of nitrogen functional groups attached to an aromatic ring is 1. The highest BCUT2D eigenvalue weighted by Crippen LogP contribution is 2.25. The molecule has 0 saturated carbocycles. The van der Waals surface area contributed by atoms with E-state index in [2.05, 4.69) is 48.3 Å². The van der Waals surface area contributed by atoms with E-state index in [1.54, 1.807) is 0 Å². The standard InChI is InChI=1S/C12H15N3/c1-3-10-11(14-15-12(10)13)9-6-4-8(2)5-7-9/h4-7H,3H2,1-2H3,(H3,13,14,15). The van der Waals surface area contributed by atoms with Gasteiger partial charge in [-0.3, -0.25) is 5.10 Å². The van der Waals surface area contributed by atoms with Crippen molar-refractivity contribution in [1.29, 1.82) is 0 Å². The first-order chi connectivity index (χ1) is 7.22. The molecule has 1 aromatic carbocycles. The van der Waals surface area contributed by atoms with Crippen molar-refractivity contribution in [1.82, 2.24) is 10.2 Å². The van der Waals surface area contributed by atoms with Crippen molar-refractivity contribution in [3.8, 4) is 11.3 Å². The van der Waals surface area contributed by atoms with E-state index >= 15 is 0 Å². The van der Waals surface area contributed by atoms with Crippen LogP contribution < -0.4 is 5.73 Å². The van der Waals surface area contributed by atoms with E-state index in [0.717, 1.165) is 23.2 Å². The number of rotatable bonds is 2. The Balaban J connectivity index is 2.49. The minimum Gasteiger partial charge on any atom is -0.382 e. The van der Waals surface area contributed by atoms with Gasteiger partial charge in [-0.05, 0) is 18.9 Å². The average Bonchev–Trinajstić information content (AvgIpc) is 2.61. The summed E-state index contributed by atoms with van der Waals surface area (Å²) in [5, 5.41) is 7.02. The summed E-state index contributed by atoms with van der Waals surface area (Å²) in [6, 6.07) is 8.35. The fourth-order valence-corrected chi connectivity index (χ4v) is 1.70. The normalized spacial score (nSPS) is 10.5. The number of aromatic amines is 1. The van der Waals surface area contributed by atoms with Crippen LogP contribution in [0, 0.1) is 6.92 Å². The van der Waals surface area contributed by atoms with Crippen molar-refractivity contribution >= 4 is 5.82 Å². The first-order valence-electron chi connectivity index (χ1n) is 5.12. The Kier molecular flexibility index (Phi) is 2.46. The number of aryl methyl sites for hydroxylation is 1. The number of hydrogen-bond donors (Lipinski definition) is 2. The number of nitrogens with one attached hydrogen (secondary N) is 1. The molecule has 2 rings (SSSR count). The molecule has 0 fully saturated rings. The molecule has 2 aromatic rings. The smallest absolute Gasteiger partial charge is 0.149 e. The van der Waals surface area contributed by atoms with Gasteiger partial charge in [0.05, 0.1) is 5.69 Å². The van der Waals surface area contributed by atoms with Gasteiger partial charge in [-0.15, -0.1) is 0 Å². The highest BCUT2D eigenvalue weighted by atomic mass is 15.2. The number of benzene rings is 1. The van der Waals surface area contributed by atoms with E-state index in [4.69, 9.17) is 5.73 Å². The molecule has 1 heterocycles. The minimum atomic E-state index is 0.605. The maximum Gasteiger partial charge on any atom is 0.149 e. The molecule has 0 saturated heterocycles. The fourth-order valence-electron chi connectivity index (χ4n) is 1.70. The van der Waals surface area contributed by atoms with Crippen LogP contribution in [-0.2, 0) is 6.42 Å². The van der Waals surface area contributed by atoms with Crippen LogP contribution >= 0.6 is 0 Å². The van der Waals surface area contributed by atoms with Crippen LogP contribution in [0.2, 0.25) is 0 Å². The molecule has 0 aliphatic carbocycles. The lowest BCUT2D eigenvalue weighted by molar-refractivity contribution is 1.10. The largest absolute Gasteiger partial charge is 0.382 e. The Hall–Kier alpha value is -1.77.